The predicted molar refractivity (Wildman–Crippen MR) is 96.1 cm³/mol. The number of tetrazole rings is 1. The molecule has 26 heavy (non-hydrogen) atoms. The highest BCUT2D eigenvalue weighted by Crippen LogP contribution is 2.24. The summed E-state index contributed by atoms with van der Waals surface area (Å²) < 4.78 is 1.70. The average molecular weight is 348 g/mol. The highest BCUT2D eigenvalue weighted by Gasteiger charge is 2.32. The van der Waals surface area contributed by atoms with E-state index in [-0.39, 0.29) is 24.0 Å². The van der Waals surface area contributed by atoms with Gasteiger partial charge in [-0.05, 0) is 28.0 Å². The molecular formula is C19H20N6O. The summed E-state index contributed by atoms with van der Waals surface area (Å²) in [4.78, 5) is 12.9. The van der Waals surface area contributed by atoms with E-state index in [9.17, 15) is 4.79 Å². The number of amides is 1. The molecule has 0 radical (unpaired) electrons. The van der Waals surface area contributed by atoms with Gasteiger partial charge in [0, 0.05) is 6.54 Å². The van der Waals surface area contributed by atoms with Crippen molar-refractivity contribution in [3.63, 3.8) is 0 Å². The average Bonchev–Trinajstić information content (AvgIpc) is 3.39. The van der Waals surface area contributed by atoms with Crippen molar-refractivity contribution in [2.45, 2.75) is 24.5 Å². The number of carbonyl (C=O) groups is 1. The number of nitrogens with zero attached hydrogens (tertiary/aromatic N) is 4. The van der Waals surface area contributed by atoms with E-state index < -0.39 is 0 Å². The van der Waals surface area contributed by atoms with Gasteiger partial charge in [-0.3, -0.25) is 4.79 Å². The summed E-state index contributed by atoms with van der Waals surface area (Å²) in [7, 11) is 0. The van der Waals surface area contributed by atoms with Crippen LogP contribution in [0.5, 0.6) is 0 Å². The summed E-state index contributed by atoms with van der Waals surface area (Å²) in [6.07, 6.45) is 2.25. The maximum atomic E-state index is 12.9. The monoisotopic (exact) mass is 348 g/mol. The van der Waals surface area contributed by atoms with Gasteiger partial charge in [-0.2, -0.15) is 0 Å². The normalized spacial score (nSPS) is 19.6. The summed E-state index contributed by atoms with van der Waals surface area (Å²) in [6, 6.07) is 19.7. The number of nitrogens with one attached hydrogen (secondary N) is 2. The van der Waals surface area contributed by atoms with E-state index in [0.717, 1.165) is 11.1 Å². The Bertz CT molecular complexity index is 797. The third-order valence-electron chi connectivity index (χ3n) is 4.72. The van der Waals surface area contributed by atoms with Crippen LogP contribution in [-0.4, -0.2) is 38.7 Å². The zero-order chi connectivity index (χ0) is 17.8. The molecule has 1 aliphatic heterocycles. The third-order valence-corrected chi connectivity index (χ3v) is 4.72. The van der Waals surface area contributed by atoms with Crippen LogP contribution >= 0.6 is 0 Å². The number of benzene rings is 2. The van der Waals surface area contributed by atoms with E-state index in [0.29, 0.717) is 13.0 Å². The van der Waals surface area contributed by atoms with Gasteiger partial charge in [0.25, 0.3) is 0 Å². The zero-order valence-corrected chi connectivity index (χ0v) is 14.2. The first-order valence-electron chi connectivity index (χ1n) is 8.67. The molecule has 1 aromatic heterocycles. The second-order valence-corrected chi connectivity index (χ2v) is 6.40. The minimum absolute atomic E-state index is 0.0155. The lowest BCUT2D eigenvalue weighted by Crippen LogP contribution is -2.42. The van der Waals surface area contributed by atoms with Crippen LogP contribution in [0.1, 0.15) is 29.6 Å². The Morgan fingerprint density at radius 2 is 1.73 bits per heavy atom. The van der Waals surface area contributed by atoms with E-state index in [1.54, 1.807) is 11.0 Å². The van der Waals surface area contributed by atoms with Crippen LogP contribution in [0.3, 0.4) is 0 Å². The lowest BCUT2D eigenvalue weighted by atomic mass is 9.98. The maximum Gasteiger partial charge on any atom is 0.237 e. The zero-order valence-electron chi connectivity index (χ0n) is 14.2. The molecule has 1 fully saturated rings. The van der Waals surface area contributed by atoms with Gasteiger partial charge in [0.15, 0.2) is 0 Å². The molecule has 2 aromatic carbocycles. The van der Waals surface area contributed by atoms with Crippen LogP contribution in [0.15, 0.2) is 67.0 Å². The molecule has 0 saturated carbocycles. The summed E-state index contributed by atoms with van der Waals surface area (Å²) >= 11 is 0. The van der Waals surface area contributed by atoms with Crippen LogP contribution in [0.25, 0.3) is 0 Å². The smallest absolute Gasteiger partial charge is 0.237 e. The molecule has 2 N–H and O–H groups in total. The van der Waals surface area contributed by atoms with Gasteiger partial charge in [-0.15, -0.1) is 5.10 Å². The fourth-order valence-electron chi connectivity index (χ4n) is 3.35. The third kappa shape index (κ3) is 3.48. The quantitative estimate of drug-likeness (QED) is 0.730. The van der Waals surface area contributed by atoms with Gasteiger partial charge in [-0.25, -0.2) is 4.68 Å². The molecule has 0 spiro atoms. The molecule has 7 heteroatoms. The molecule has 4 rings (SSSR count). The van der Waals surface area contributed by atoms with Crippen molar-refractivity contribution in [1.29, 1.82) is 0 Å². The standard InChI is InChI=1S/C19H20N6O/c26-19(17-11-16(12-20-17)25-13-21-23-24-25)22-18(14-7-3-1-4-8-14)15-9-5-2-6-10-15/h1-10,13,16-18,20H,11-12H2,(H,22,26)/t16-,17+/m1/s1. The Morgan fingerprint density at radius 3 is 2.31 bits per heavy atom. The lowest BCUT2D eigenvalue weighted by molar-refractivity contribution is -0.123. The van der Waals surface area contributed by atoms with E-state index in [1.807, 2.05) is 60.7 Å². The first-order chi connectivity index (χ1) is 12.8. The lowest BCUT2D eigenvalue weighted by Gasteiger charge is -2.22. The van der Waals surface area contributed by atoms with Crippen molar-refractivity contribution in [3.05, 3.63) is 78.1 Å². The summed E-state index contributed by atoms with van der Waals surface area (Å²) in [5.41, 5.74) is 2.11. The SMILES string of the molecule is O=C(NC(c1ccccc1)c1ccccc1)[C@@H]1C[C@@H](n2cnnn2)CN1. The Kier molecular flexibility index (Phi) is 4.70. The Hall–Kier alpha value is -3.06. The number of carbonyl (C=O) groups excluding carboxylic acids is 1. The molecule has 0 unspecified atom stereocenters. The van der Waals surface area contributed by atoms with Gasteiger partial charge >= 0.3 is 0 Å². The number of aromatic nitrogens is 4. The highest BCUT2D eigenvalue weighted by atomic mass is 16.2. The number of rotatable bonds is 5. The van der Waals surface area contributed by atoms with Crippen LogP contribution in [0.2, 0.25) is 0 Å². The Morgan fingerprint density at radius 1 is 1.08 bits per heavy atom. The molecule has 1 amide bonds. The molecule has 2 atom stereocenters. The van der Waals surface area contributed by atoms with Crippen molar-refractivity contribution in [2.24, 2.45) is 0 Å². The molecule has 1 saturated heterocycles. The molecule has 132 valence electrons. The fraction of sp³-hybridized carbons (Fsp3) is 0.263. The molecule has 0 bridgehead atoms. The van der Waals surface area contributed by atoms with Crippen molar-refractivity contribution in [3.8, 4) is 0 Å². The summed E-state index contributed by atoms with van der Waals surface area (Å²) in [5.74, 6) is -0.0155. The van der Waals surface area contributed by atoms with Gasteiger partial charge < -0.3 is 10.6 Å². The van der Waals surface area contributed by atoms with E-state index >= 15 is 0 Å². The molecule has 1 aliphatic rings. The van der Waals surface area contributed by atoms with Crippen molar-refractivity contribution in [1.82, 2.24) is 30.8 Å². The number of hydrogen-bond donors (Lipinski definition) is 2. The minimum Gasteiger partial charge on any atom is -0.344 e. The largest absolute Gasteiger partial charge is 0.344 e. The molecule has 7 nitrogen and oxygen atoms in total. The Balaban J connectivity index is 1.50. The van der Waals surface area contributed by atoms with E-state index in [1.165, 1.54) is 0 Å². The fourth-order valence-corrected chi connectivity index (χ4v) is 3.35. The topological polar surface area (TPSA) is 84.7 Å². The highest BCUT2D eigenvalue weighted by molar-refractivity contribution is 5.83. The molecule has 3 aromatic rings. The second-order valence-electron chi connectivity index (χ2n) is 6.40. The Labute approximate surface area is 151 Å². The first-order valence-corrected chi connectivity index (χ1v) is 8.67. The van der Waals surface area contributed by atoms with E-state index in [4.69, 9.17) is 0 Å². The van der Waals surface area contributed by atoms with Crippen LogP contribution in [0.4, 0.5) is 0 Å². The van der Waals surface area contributed by atoms with Crippen molar-refractivity contribution < 1.29 is 4.79 Å². The minimum atomic E-state index is -0.265. The number of hydrogen-bond acceptors (Lipinski definition) is 5. The second kappa shape index (κ2) is 7.45. The van der Waals surface area contributed by atoms with Crippen molar-refractivity contribution in [2.75, 3.05) is 6.54 Å². The van der Waals surface area contributed by atoms with Gasteiger partial charge in [0.1, 0.15) is 6.33 Å². The molecular weight excluding hydrogens is 328 g/mol. The van der Waals surface area contributed by atoms with Crippen LogP contribution in [0, 0.1) is 0 Å². The maximum absolute atomic E-state index is 12.9. The summed E-state index contributed by atoms with van der Waals surface area (Å²) in [5, 5.41) is 17.7. The van der Waals surface area contributed by atoms with Crippen molar-refractivity contribution >= 4 is 5.91 Å². The van der Waals surface area contributed by atoms with E-state index in [2.05, 4.69) is 26.2 Å². The molecule has 0 aliphatic carbocycles. The van der Waals surface area contributed by atoms with Crippen LogP contribution < -0.4 is 10.6 Å². The summed E-state index contributed by atoms with van der Waals surface area (Å²) in [6.45, 7) is 0.671. The van der Waals surface area contributed by atoms with Gasteiger partial charge in [0.2, 0.25) is 5.91 Å². The van der Waals surface area contributed by atoms with Gasteiger partial charge in [0.05, 0.1) is 18.1 Å². The van der Waals surface area contributed by atoms with Crippen LogP contribution in [-0.2, 0) is 4.79 Å². The predicted octanol–water partition coefficient (Wildman–Crippen LogP) is 1.48. The van der Waals surface area contributed by atoms with Gasteiger partial charge in [-0.1, -0.05) is 60.7 Å². The first kappa shape index (κ1) is 16.4. The molecule has 2 heterocycles.